The number of carbonyl (C=O) groups is 3. The minimum atomic E-state index is -0.766. The number of nitrogens with one attached hydrogen (secondary N) is 1. The lowest BCUT2D eigenvalue weighted by molar-refractivity contribution is -0.137. The SMILES string of the molecule is COc1cnc2c(c1)c(C(N)=O)nn2CC(=O)N(CC(=O)NCc1cccc(Cl)c1F)C1CC1. The molecular weight excluding hydrogens is 467 g/mol. The van der Waals surface area contributed by atoms with Gasteiger partial charge in [-0.15, -0.1) is 0 Å². The van der Waals surface area contributed by atoms with Crippen LogP contribution in [-0.2, 0) is 22.7 Å². The van der Waals surface area contributed by atoms with Crippen molar-refractivity contribution in [3.8, 4) is 5.75 Å². The van der Waals surface area contributed by atoms with Gasteiger partial charge < -0.3 is 20.7 Å². The first-order valence-corrected chi connectivity index (χ1v) is 10.9. The monoisotopic (exact) mass is 488 g/mol. The minimum absolute atomic E-state index is 0.0328. The van der Waals surface area contributed by atoms with Crippen molar-refractivity contribution in [3.05, 3.63) is 52.6 Å². The predicted octanol–water partition coefficient (Wildman–Crippen LogP) is 1.64. The normalized spacial score (nSPS) is 13.0. The third-order valence-corrected chi connectivity index (χ3v) is 5.74. The predicted molar refractivity (Wildman–Crippen MR) is 121 cm³/mol. The standard InChI is InChI=1S/C22H22ClFN6O4/c1-34-14-7-15-20(21(25)33)28-30(22(15)27-9-14)11-18(32)29(13-5-6-13)10-17(31)26-8-12-3-2-4-16(23)19(12)24/h2-4,7,9,13H,5-6,8,10-11H2,1H3,(H2,25,33)(H,26,31). The van der Waals surface area contributed by atoms with Crippen molar-refractivity contribution in [1.29, 1.82) is 0 Å². The van der Waals surface area contributed by atoms with Crippen molar-refractivity contribution in [2.24, 2.45) is 5.73 Å². The van der Waals surface area contributed by atoms with Crippen molar-refractivity contribution in [2.75, 3.05) is 13.7 Å². The minimum Gasteiger partial charge on any atom is -0.495 e. The summed E-state index contributed by atoms with van der Waals surface area (Å²) in [6.45, 7) is -0.500. The number of aromatic nitrogens is 3. The van der Waals surface area contributed by atoms with Crippen LogP contribution in [0, 0.1) is 5.82 Å². The number of nitrogens with zero attached hydrogens (tertiary/aromatic N) is 4. The van der Waals surface area contributed by atoms with E-state index in [2.05, 4.69) is 15.4 Å². The molecule has 34 heavy (non-hydrogen) atoms. The molecule has 0 bridgehead atoms. The number of primary amides is 1. The topological polar surface area (TPSA) is 132 Å². The molecule has 1 aromatic carbocycles. The Morgan fingerprint density at radius 3 is 2.79 bits per heavy atom. The van der Waals surface area contributed by atoms with Gasteiger partial charge in [0.25, 0.3) is 5.91 Å². The van der Waals surface area contributed by atoms with Gasteiger partial charge in [0.1, 0.15) is 18.1 Å². The zero-order valence-electron chi connectivity index (χ0n) is 18.3. The number of pyridine rings is 1. The van der Waals surface area contributed by atoms with Gasteiger partial charge in [0.2, 0.25) is 11.8 Å². The molecule has 3 amide bonds. The fourth-order valence-electron chi connectivity index (χ4n) is 3.56. The highest BCUT2D eigenvalue weighted by molar-refractivity contribution is 6.30. The lowest BCUT2D eigenvalue weighted by Gasteiger charge is -2.22. The summed E-state index contributed by atoms with van der Waals surface area (Å²) >= 11 is 5.77. The molecule has 4 rings (SSSR count). The molecule has 0 aliphatic heterocycles. The number of halogens is 2. The number of amides is 3. The maximum absolute atomic E-state index is 14.1. The van der Waals surface area contributed by atoms with Crippen LogP contribution in [0.5, 0.6) is 5.75 Å². The average molecular weight is 489 g/mol. The highest BCUT2D eigenvalue weighted by Gasteiger charge is 2.34. The molecule has 10 nitrogen and oxygen atoms in total. The molecule has 0 unspecified atom stereocenters. The fraction of sp³-hybridized carbons (Fsp3) is 0.318. The maximum atomic E-state index is 14.1. The van der Waals surface area contributed by atoms with Gasteiger partial charge in [-0.25, -0.2) is 14.1 Å². The molecule has 3 aromatic rings. The lowest BCUT2D eigenvalue weighted by atomic mass is 10.2. The molecule has 2 aromatic heterocycles. The molecule has 0 saturated heterocycles. The van der Waals surface area contributed by atoms with E-state index in [0.717, 1.165) is 12.8 Å². The second-order valence-electron chi connectivity index (χ2n) is 7.86. The molecule has 1 aliphatic carbocycles. The Hall–Kier alpha value is -3.73. The first-order chi connectivity index (χ1) is 16.3. The first-order valence-electron chi connectivity index (χ1n) is 10.5. The number of nitrogens with two attached hydrogens (primary N) is 1. The number of rotatable bonds is 9. The third-order valence-electron chi connectivity index (χ3n) is 5.45. The van der Waals surface area contributed by atoms with Crippen LogP contribution < -0.4 is 15.8 Å². The van der Waals surface area contributed by atoms with Crippen LogP contribution in [-0.4, -0.2) is 57.1 Å². The number of carbonyl (C=O) groups excluding carboxylic acids is 3. The van der Waals surface area contributed by atoms with E-state index in [0.29, 0.717) is 16.8 Å². The Balaban J connectivity index is 1.47. The van der Waals surface area contributed by atoms with Crippen LogP contribution in [0.3, 0.4) is 0 Å². The number of benzene rings is 1. The van der Waals surface area contributed by atoms with E-state index >= 15 is 0 Å². The summed E-state index contributed by atoms with van der Waals surface area (Å²) in [6, 6.07) is 6.02. The summed E-state index contributed by atoms with van der Waals surface area (Å²) < 4.78 is 20.5. The van der Waals surface area contributed by atoms with E-state index < -0.39 is 17.6 Å². The quantitative estimate of drug-likeness (QED) is 0.470. The summed E-state index contributed by atoms with van der Waals surface area (Å²) in [4.78, 5) is 43.1. The molecular formula is C22H22ClFN6O4. The molecule has 1 aliphatic rings. The second kappa shape index (κ2) is 9.64. The molecule has 1 saturated carbocycles. The molecule has 178 valence electrons. The van der Waals surface area contributed by atoms with E-state index in [9.17, 15) is 18.8 Å². The van der Waals surface area contributed by atoms with Crippen LogP contribution >= 0.6 is 11.6 Å². The number of methoxy groups -OCH3 is 1. The largest absolute Gasteiger partial charge is 0.495 e. The van der Waals surface area contributed by atoms with E-state index in [-0.39, 0.29) is 47.9 Å². The van der Waals surface area contributed by atoms with Crippen molar-refractivity contribution >= 4 is 40.4 Å². The molecule has 0 spiro atoms. The van der Waals surface area contributed by atoms with Gasteiger partial charge >= 0.3 is 0 Å². The Morgan fingerprint density at radius 1 is 1.35 bits per heavy atom. The van der Waals surface area contributed by atoms with Crippen molar-refractivity contribution in [1.82, 2.24) is 25.0 Å². The van der Waals surface area contributed by atoms with Gasteiger partial charge in [-0.1, -0.05) is 23.7 Å². The molecule has 0 atom stereocenters. The van der Waals surface area contributed by atoms with Gasteiger partial charge in [-0.05, 0) is 25.0 Å². The van der Waals surface area contributed by atoms with Crippen molar-refractivity contribution in [2.45, 2.75) is 32.0 Å². The van der Waals surface area contributed by atoms with Crippen LogP contribution in [0.2, 0.25) is 5.02 Å². The number of hydrogen-bond donors (Lipinski definition) is 2. The Bertz CT molecular complexity index is 1280. The summed E-state index contributed by atoms with van der Waals surface area (Å²) in [5.41, 5.74) is 5.94. The molecule has 12 heteroatoms. The number of fused-ring (bicyclic) bond motifs is 1. The molecule has 3 N–H and O–H groups in total. The van der Waals surface area contributed by atoms with Crippen LogP contribution in [0.15, 0.2) is 30.5 Å². The third kappa shape index (κ3) is 4.93. The Morgan fingerprint density at radius 2 is 2.12 bits per heavy atom. The van der Waals surface area contributed by atoms with Crippen molar-refractivity contribution in [3.63, 3.8) is 0 Å². The Labute approximate surface area is 198 Å². The van der Waals surface area contributed by atoms with Crippen molar-refractivity contribution < 1.29 is 23.5 Å². The summed E-state index contributed by atoms with van der Waals surface area (Å²) in [7, 11) is 1.46. The van der Waals surface area contributed by atoms with Gasteiger partial charge in [0.15, 0.2) is 11.3 Å². The summed E-state index contributed by atoms with van der Waals surface area (Å²) in [6.07, 6.45) is 2.98. The van der Waals surface area contributed by atoms with E-state index in [4.69, 9.17) is 22.1 Å². The zero-order valence-corrected chi connectivity index (χ0v) is 19.0. The van der Waals surface area contributed by atoms with Gasteiger partial charge in [0, 0.05) is 18.2 Å². The van der Waals surface area contributed by atoms with Gasteiger partial charge in [-0.2, -0.15) is 5.10 Å². The highest BCUT2D eigenvalue weighted by Crippen LogP contribution is 2.28. The average Bonchev–Trinajstić information content (AvgIpc) is 3.59. The molecule has 0 radical (unpaired) electrons. The van der Waals surface area contributed by atoms with Gasteiger partial charge in [0.05, 0.1) is 30.3 Å². The van der Waals surface area contributed by atoms with Crippen LogP contribution in [0.1, 0.15) is 28.9 Å². The smallest absolute Gasteiger partial charge is 0.269 e. The summed E-state index contributed by atoms with van der Waals surface area (Å²) in [5, 5.41) is 7.11. The number of ether oxygens (including phenoxy) is 1. The number of hydrogen-bond acceptors (Lipinski definition) is 6. The molecule has 1 fully saturated rings. The van der Waals surface area contributed by atoms with Crippen LogP contribution in [0.25, 0.3) is 11.0 Å². The van der Waals surface area contributed by atoms with E-state index in [1.165, 1.54) is 35.0 Å². The fourth-order valence-corrected chi connectivity index (χ4v) is 3.75. The Kier molecular flexibility index (Phi) is 6.64. The zero-order chi connectivity index (χ0) is 24.4. The molecule has 2 heterocycles. The second-order valence-corrected chi connectivity index (χ2v) is 8.27. The van der Waals surface area contributed by atoms with Gasteiger partial charge in [-0.3, -0.25) is 14.4 Å². The maximum Gasteiger partial charge on any atom is 0.269 e. The van der Waals surface area contributed by atoms with Crippen LogP contribution in [0.4, 0.5) is 4.39 Å². The van der Waals surface area contributed by atoms with E-state index in [1.54, 1.807) is 12.1 Å². The lowest BCUT2D eigenvalue weighted by Crippen LogP contribution is -2.43. The summed E-state index contributed by atoms with van der Waals surface area (Å²) in [5.74, 6) is -1.76. The van der Waals surface area contributed by atoms with E-state index in [1.807, 2.05) is 0 Å². The first kappa shape index (κ1) is 23.4. The highest BCUT2D eigenvalue weighted by atomic mass is 35.5.